The monoisotopic (exact) mass is 1640 g/mol. The highest BCUT2D eigenvalue weighted by Gasteiger charge is 2.37. The summed E-state index contributed by atoms with van der Waals surface area (Å²) in [4.78, 5) is 115. The number of nitrogen functional groups attached to an aromatic ring is 1. The van der Waals surface area contributed by atoms with Crippen LogP contribution in [-0.2, 0) is 72.2 Å². The third-order valence-electron chi connectivity index (χ3n) is 17.7. The molecule has 0 spiro atoms. The number of nitrogens with zero attached hydrogens (tertiary/aromatic N) is 3. The molecule has 590 valence electrons. The second-order valence-electron chi connectivity index (χ2n) is 27.8. The number of carbonyl (C=O) groups excluding carboxylic acids is 9. The van der Waals surface area contributed by atoms with Crippen molar-refractivity contribution in [3.63, 3.8) is 0 Å². The summed E-state index contributed by atoms with van der Waals surface area (Å²) in [6.07, 6.45) is -13.3. The fourth-order valence-corrected chi connectivity index (χ4v) is 12.2. The molecule has 0 atom stereocenters. The van der Waals surface area contributed by atoms with Crippen molar-refractivity contribution in [3.8, 4) is 0 Å². The number of nitrogens with one attached hydrogen (secondary N) is 5. The number of halogens is 13. The molecule has 0 saturated carbocycles. The summed E-state index contributed by atoms with van der Waals surface area (Å²) < 4.78 is 115. The van der Waals surface area contributed by atoms with Crippen LogP contribution in [0.15, 0.2) is 182 Å². The van der Waals surface area contributed by atoms with E-state index >= 15 is 0 Å². The summed E-state index contributed by atoms with van der Waals surface area (Å²) in [6.45, 7) is 14.1. The molecule has 0 fully saturated rings. The first-order valence-electron chi connectivity index (χ1n) is 34.6. The fraction of sp³-hybridized carbons (Fsp3) is 0.232. The van der Waals surface area contributed by atoms with Crippen molar-refractivity contribution < 1.29 is 82.7 Å². The molecular formula is C82H72Cl4F9N9O9. The molecule has 3 aliphatic heterocycles. The largest absolute Gasteiger partial charge is 0.416 e. The maximum Gasteiger partial charge on any atom is 0.416 e. The fourth-order valence-electron chi connectivity index (χ4n) is 11.4. The molecule has 0 aliphatic carbocycles. The molecule has 8 amide bonds. The van der Waals surface area contributed by atoms with Gasteiger partial charge in [-0.3, -0.25) is 43.2 Å². The molecule has 9 aromatic rings. The predicted octanol–water partition coefficient (Wildman–Crippen LogP) is 18.9. The van der Waals surface area contributed by atoms with Crippen LogP contribution in [0.25, 0.3) is 0 Å². The molecule has 7 N–H and O–H groups in total. The summed E-state index contributed by atoms with van der Waals surface area (Å²) in [5, 5.41) is 14.0. The van der Waals surface area contributed by atoms with Crippen molar-refractivity contribution in [3.05, 3.63) is 281 Å². The number of amides is 8. The molecule has 3 aliphatic rings. The van der Waals surface area contributed by atoms with Gasteiger partial charge >= 0.3 is 18.5 Å². The molecule has 12 rings (SSSR count). The zero-order valence-corrected chi connectivity index (χ0v) is 64.2. The Morgan fingerprint density at radius 3 is 1.02 bits per heavy atom. The van der Waals surface area contributed by atoms with Crippen LogP contribution in [0.2, 0.25) is 15.1 Å². The Kier molecular flexibility index (Phi) is 27.0. The van der Waals surface area contributed by atoms with E-state index in [4.69, 9.17) is 52.1 Å². The summed E-state index contributed by atoms with van der Waals surface area (Å²) in [7, 11) is 0. The van der Waals surface area contributed by atoms with Crippen LogP contribution < -0.4 is 47.0 Å². The average Bonchev–Trinajstić information content (AvgIpc) is 1.64. The van der Waals surface area contributed by atoms with Gasteiger partial charge in [0.25, 0.3) is 34.8 Å². The predicted molar refractivity (Wildman–Crippen MR) is 415 cm³/mol. The molecule has 113 heavy (non-hydrogen) atoms. The minimum atomic E-state index is -4.46. The minimum Gasteiger partial charge on any atom is -0.399 e. The van der Waals surface area contributed by atoms with Crippen LogP contribution in [0.4, 0.5) is 73.6 Å². The first-order chi connectivity index (χ1) is 52.9. The van der Waals surface area contributed by atoms with E-state index in [1.54, 1.807) is 125 Å². The molecule has 0 saturated heterocycles. The van der Waals surface area contributed by atoms with Gasteiger partial charge in [0.2, 0.25) is 17.7 Å². The van der Waals surface area contributed by atoms with E-state index in [2.05, 4.69) is 26.6 Å². The molecular weight excluding hydrogens is 1570 g/mol. The van der Waals surface area contributed by atoms with Gasteiger partial charge in [0.05, 0.1) is 68.1 Å². The molecule has 0 aromatic heterocycles. The maximum atomic E-state index is 13.0. The quantitative estimate of drug-likeness (QED) is 0.0303. The van der Waals surface area contributed by atoms with E-state index in [0.717, 1.165) is 47.5 Å². The van der Waals surface area contributed by atoms with Gasteiger partial charge in [-0.05, 0) is 191 Å². The lowest BCUT2D eigenvalue weighted by Gasteiger charge is -2.17. The highest BCUT2D eigenvalue weighted by molar-refractivity contribution is 6.68. The van der Waals surface area contributed by atoms with Crippen molar-refractivity contribution in [1.82, 2.24) is 16.0 Å². The van der Waals surface area contributed by atoms with Gasteiger partial charge in [-0.15, -0.1) is 0 Å². The molecule has 0 bridgehead atoms. The Labute approximate surface area is 663 Å². The Bertz CT molecular complexity index is 4940. The highest BCUT2D eigenvalue weighted by atomic mass is 35.5. The lowest BCUT2D eigenvalue weighted by atomic mass is 9.95. The normalized spacial score (nSPS) is 13.0. The van der Waals surface area contributed by atoms with E-state index in [9.17, 15) is 82.7 Å². The average molecular weight is 1640 g/mol. The number of rotatable bonds is 16. The second-order valence-corrected chi connectivity index (χ2v) is 29.3. The summed E-state index contributed by atoms with van der Waals surface area (Å²) in [5.41, 5.74) is 11.4. The Morgan fingerprint density at radius 1 is 0.407 bits per heavy atom. The Balaban J connectivity index is 0.000000181. The van der Waals surface area contributed by atoms with E-state index in [-0.39, 0.29) is 100 Å². The standard InChI is InChI=1S/2C27H23ClF3N3O3.C15H11F3N2O.C13H15Cl2NO2/c2*1-15(2)24(35)32-13-16-3-10-23(28)22(11-16)25(36)33-19-7-4-17-14-34(26(37)21(17)12-19)20-8-5-18(6-9-20)27(29,30)31;16-15(17,18)10-2-5-12(6-3-10)20-8-9-1-4-11(19)7-13(9)14(20)21;1-13(2,3)12(18)16-7-8-4-5-10(14)9(6-8)11(15)17/h2*3-12,15H,13-14H2,1-2H3,(H,32,35)(H,33,36);1-7H,8,19H2;4-6H,7H2,1-3H3,(H,16,18). The van der Waals surface area contributed by atoms with Gasteiger partial charge in [-0.1, -0.05) is 120 Å². The van der Waals surface area contributed by atoms with Crippen LogP contribution in [0.1, 0.15) is 161 Å². The second kappa shape index (κ2) is 35.6. The SMILES string of the molecule is CC(C)(C)C(=O)NCc1ccc(Cl)c(C(=O)Cl)c1.CC(C)C(=O)NCc1ccc(Cl)c(C(=O)Nc2ccc3c(c2)C(=O)N(c2ccc(C(F)(F)F)cc2)C3)c1.CC(C)C(=O)NCc1ccc(Cl)c(C(=O)Nc2ccc3c(c2)C(=O)N(c2ccc(C(F)(F)F)cc2)C3)c1.Nc1ccc2c(c1)C(=O)N(c1ccc(C(F)(F)F)cc1)C2. The minimum absolute atomic E-state index is 0.0591. The zero-order valence-electron chi connectivity index (χ0n) is 61.2. The maximum absolute atomic E-state index is 13.0. The van der Waals surface area contributed by atoms with Crippen LogP contribution >= 0.6 is 46.4 Å². The summed E-state index contributed by atoms with van der Waals surface area (Å²) >= 11 is 23.7. The number of carbonyl (C=O) groups is 9. The summed E-state index contributed by atoms with van der Waals surface area (Å²) in [6, 6.07) is 42.7. The smallest absolute Gasteiger partial charge is 0.399 e. The molecule has 3 heterocycles. The number of anilines is 6. The number of fused-ring (bicyclic) bond motifs is 3. The van der Waals surface area contributed by atoms with Crippen LogP contribution in [-0.4, -0.2) is 52.5 Å². The zero-order chi connectivity index (χ0) is 82.9. The lowest BCUT2D eigenvalue weighted by molar-refractivity contribution is -0.138. The van der Waals surface area contributed by atoms with Gasteiger partial charge in [0.1, 0.15) is 0 Å². The number of nitrogens with two attached hydrogens (primary N) is 1. The van der Waals surface area contributed by atoms with Gasteiger partial charge in [0.15, 0.2) is 0 Å². The molecule has 0 unspecified atom stereocenters. The molecule has 31 heteroatoms. The summed E-state index contributed by atoms with van der Waals surface area (Å²) in [5.74, 6) is -2.64. The van der Waals surface area contributed by atoms with E-state index in [1.807, 2.05) is 20.8 Å². The number of benzene rings is 9. The van der Waals surface area contributed by atoms with Gasteiger partial charge < -0.3 is 47.0 Å². The molecule has 18 nitrogen and oxygen atoms in total. The van der Waals surface area contributed by atoms with Gasteiger partial charge in [-0.25, -0.2) is 0 Å². The number of hydrogen-bond acceptors (Lipinski definition) is 10. The molecule has 0 radical (unpaired) electrons. The molecule has 9 aromatic carbocycles. The van der Waals surface area contributed by atoms with Crippen molar-refractivity contribution in [2.45, 2.75) is 106 Å². The Hall–Kier alpha value is -11.3. The Morgan fingerprint density at radius 2 is 0.708 bits per heavy atom. The lowest BCUT2D eigenvalue weighted by Crippen LogP contribution is -2.34. The number of alkyl halides is 9. The van der Waals surface area contributed by atoms with Crippen LogP contribution in [0, 0.1) is 17.3 Å². The van der Waals surface area contributed by atoms with Gasteiger partial charge in [0, 0.05) is 87.7 Å². The first-order valence-corrected chi connectivity index (χ1v) is 36.1. The van der Waals surface area contributed by atoms with Crippen molar-refractivity contribution in [2.75, 3.05) is 31.1 Å². The van der Waals surface area contributed by atoms with Crippen molar-refractivity contribution in [1.29, 1.82) is 0 Å². The van der Waals surface area contributed by atoms with E-state index in [0.29, 0.717) is 91.2 Å². The third-order valence-corrected chi connectivity index (χ3v) is 18.9. The van der Waals surface area contributed by atoms with Crippen molar-refractivity contribution in [2.24, 2.45) is 17.3 Å². The van der Waals surface area contributed by atoms with Crippen LogP contribution in [0.5, 0.6) is 0 Å². The van der Waals surface area contributed by atoms with Crippen LogP contribution in [0.3, 0.4) is 0 Å². The highest BCUT2D eigenvalue weighted by Crippen LogP contribution is 2.39. The van der Waals surface area contributed by atoms with E-state index in [1.165, 1.54) is 63.2 Å². The number of hydrogen-bond donors (Lipinski definition) is 6. The third kappa shape index (κ3) is 21.9. The van der Waals surface area contributed by atoms with Gasteiger partial charge in [-0.2, -0.15) is 39.5 Å². The first kappa shape index (κ1) is 85.7. The topological polar surface area (TPSA) is 250 Å². The van der Waals surface area contributed by atoms with Crippen molar-refractivity contribution >= 4 is 133 Å². The van der Waals surface area contributed by atoms with E-state index < -0.39 is 57.7 Å².